The van der Waals surface area contributed by atoms with Crippen LogP contribution in [0, 0.1) is 5.41 Å². The van der Waals surface area contributed by atoms with Crippen LogP contribution in [0.15, 0.2) is 42.5 Å². The van der Waals surface area contributed by atoms with Crippen LogP contribution in [0.3, 0.4) is 0 Å². The van der Waals surface area contributed by atoms with Crippen LogP contribution in [0.2, 0.25) is 0 Å². The molecule has 1 unspecified atom stereocenters. The van der Waals surface area contributed by atoms with Gasteiger partial charge in [-0.1, -0.05) is 62.8 Å². The van der Waals surface area contributed by atoms with Gasteiger partial charge in [0.1, 0.15) is 0 Å². The number of allylic oxidation sites excluding steroid dienone is 1. The molecule has 0 fully saturated rings. The van der Waals surface area contributed by atoms with Crippen molar-refractivity contribution in [2.24, 2.45) is 5.41 Å². The number of benzene rings is 2. The second-order valence-electron chi connectivity index (χ2n) is 5.85. The van der Waals surface area contributed by atoms with E-state index in [4.69, 9.17) is 0 Å². The van der Waals surface area contributed by atoms with E-state index in [0.717, 1.165) is 0 Å². The van der Waals surface area contributed by atoms with E-state index in [1.807, 2.05) is 0 Å². The molecule has 0 spiro atoms. The maximum atomic E-state index is 2.40. The summed E-state index contributed by atoms with van der Waals surface area (Å²) in [5, 5.41) is 2.71. The Labute approximate surface area is 109 Å². The van der Waals surface area contributed by atoms with E-state index in [-0.39, 0.29) is 0 Å². The minimum atomic E-state index is 0.421. The van der Waals surface area contributed by atoms with Crippen molar-refractivity contribution < 1.29 is 0 Å². The molecule has 18 heavy (non-hydrogen) atoms. The molecule has 3 rings (SSSR count). The molecule has 2 aromatic rings. The first-order chi connectivity index (χ1) is 8.70. The highest BCUT2D eigenvalue weighted by Crippen LogP contribution is 2.36. The van der Waals surface area contributed by atoms with Crippen molar-refractivity contribution in [3.8, 4) is 0 Å². The van der Waals surface area contributed by atoms with E-state index in [0.29, 0.717) is 5.41 Å². The van der Waals surface area contributed by atoms with Gasteiger partial charge >= 0.3 is 0 Å². The molecule has 0 N–H and O–H groups in total. The molecule has 2 aromatic carbocycles. The van der Waals surface area contributed by atoms with Crippen molar-refractivity contribution in [3.63, 3.8) is 0 Å². The molecule has 0 saturated heterocycles. The SMILES string of the molecule is CCC1(C)CC=Cc2cc3ccccc3cc2C1. The standard InChI is InChI=1S/C18H20/c1-3-18(2)10-6-9-16-11-14-7-4-5-8-15(14)12-17(16)13-18/h4-9,11-12H,3,10,13H2,1-2H3. The second kappa shape index (κ2) is 4.28. The van der Waals surface area contributed by atoms with Crippen molar-refractivity contribution in [1.82, 2.24) is 0 Å². The first kappa shape index (κ1) is 11.5. The summed E-state index contributed by atoms with van der Waals surface area (Å²) < 4.78 is 0. The number of hydrogen-bond acceptors (Lipinski definition) is 0. The fourth-order valence-corrected chi connectivity index (χ4v) is 2.89. The summed E-state index contributed by atoms with van der Waals surface area (Å²) in [6.07, 6.45) is 8.28. The Kier molecular flexibility index (Phi) is 2.74. The zero-order chi connectivity index (χ0) is 12.6. The number of rotatable bonds is 1. The zero-order valence-corrected chi connectivity index (χ0v) is 11.2. The summed E-state index contributed by atoms with van der Waals surface area (Å²) in [7, 11) is 0. The molecule has 0 aromatic heterocycles. The molecule has 0 aliphatic heterocycles. The molecule has 0 saturated carbocycles. The molecule has 0 radical (unpaired) electrons. The van der Waals surface area contributed by atoms with Gasteiger partial charge in [0.15, 0.2) is 0 Å². The van der Waals surface area contributed by atoms with Gasteiger partial charge < -0.3 is 0 Å². The summed E-state index contributed by atoms with van der Waals surface area (Å²) in [6, 6.07) is 13.4. The quantitative estimate of drug-likeness (QED) is 0.637. The van der Waals surface area contributed by atoms with Crippen LogP contribution < -0.4 is 0 Å². The number of fused-ring (bicyclic) bond motifs is 2. The molecule has 0 amide bonds. The normalized spacial score (nSPS) is 22.8. The van der Waals surface area contributed by atoms with Crippen LogP contribution in [0.4, 0.5) is 0 Å². The molecule has 1 aliphatic carbocycles. The highest BCUT2D eigenvalue weighted by Gasteiger charge is 2.24. The fourth-order valence-electron chi connectivity index (χ4n) is 2.89. The van der Waals surface area contributed by atoms with Crippen LogP contribution >= 0.6 is 0 Å². The lowest BCUT2D eigenvalue weighted by molar-refractivity contribution is 0.314. The summed E-state index contributed by atoms with van der Waals surface area (Å²) >= 11 is 0. The van der Waals surface area contributed by atoms with Crippen LogP contribution in [0.5, 0.6) is 0 Å². The molecule has 1 aliphatic rings. The molecular weight excluding hydrogens is 216 g/mol. The van der Waals surface area contributed by atoms with Crippen molar-refractivity contribution in [2.75, 3.05) is 0 Å². The molecule has 92 valence electrons. The molecule has 1 atom stereocenters. The second-order valence-corrected chi connectivity index (χ2v) is 5.85. The van der Waals surface area contributed by atoms with Gasteiger partial charge in [-0.05, 0) is 46.2 Å². The van der Waals surface area contributed by atoms with Crippen LogP contribution in [0.1, 0.15) is 37.8 Å². The van der Waals surface area contributed by atoms with Gasteiger partial charge in [0.2, 0.25) is 0 Å². The van der Waals surface area contributed by atoms with Crippen LogP contribution in [-0.2, 0) is 6.42 Å². The Morgan fingerprint density at radius 2 is 1.83 bits per heavy atom. The van der Waals surface area contributed by atoms with Gasteiger partial charge in [-0.3, -0.25) is 0 Å². The first-order valence-electron chi connectivity index (χ1n) is 6.88. The van der Waals surface area contributed by atoms with E-state index < -0.39 is 0 Å². The lowest BCUT2D eigenvalue weighted by atomic mass is 9.79. The van der Waals surface area contributed by atoms with Crippen molar-refractivity contribution in [2.45, 2.75) is 33.1 Å². The third-order valence-electron chi connectivity index (χ3n) is 4.39. The highest BCUT2D eigenvalue weighted by atomic mass is 14.3. The average molecular weight is 236 g/mol. The molecular formula is C18H20. The molecule has 0 nitrogen and oxygen atoms in total. The minimum absolute atomic E-state index is 0.421. The lowest BCUT2D eigenvalue weighted by Crippen LogP contribution is -2.17. The summed E-state index contributed by atoms with van der Waals surface area (Å²) in [5.41, 5.74) is 3.34. The Bertz CT molecular complexity index is 606. The molecule has 0 heteroatoms. The van der Waals surface area contributed by atoms with E-state index in [1.165, 1.54) is 41.2 Å². The number of hydrogen-bond donors (Lipinski definition) is 0. The van der Waals surface area contributed by atoms with E-state index in [2.05, 4.69) is 62.4 Å². The smallest absolute Gasteiger partial charge is 0.0178 e. The van der Waals surface area contributed by atoms with Crippen molar-refractivity contribution in [1.29, 1.82) is 0 Å². The summed E-state index contributed by atoms with van der Waals surface area (Å²) in [5.74, 6) is 0. The fraction of sp³-hybridized carbons (Fsp3) is 0.333. The third kappa shape index (κ3) is 1.96. The lowest BCUT2D eigenvalue weighted by Gasteiger charge is -2.26. The Hall–Kier alpha value is -1.56. The topological polar surface area (TPSA) is 0 Å². The maximum Gasteiger partial charge on any atom is -0.0178 e. The first-order valence-corrected chi connectivity index (χ1v) is 6.88. The molecule has 0 bridgehead atoms. The van der Waals surface area contributed by atoms with Crippen LogP contribution in [-0.4, -0.2) is 0 Å². The van der Waals surface area contributed by atoms with Crippen LogP contribution in [0.25, 0.3) is 16.8 Å². The van der Waals surface area contributed by atoms with Gasteiger partial charge in [-0.25, -0.2) is 0 Å². The van der Waals surface area contributed by atoms with Gasteiger partial charge in [0, 0.05) is 0 Å². The largest absolute Gasteiger partial charge is 0.0834 e. The predicted octanol–water partition coefficient (Wildman–Crippen LogP) is 5.22. The van der Waals surface area contributed by atoms with Gasteiger partial charge in [0.25, 0.3) is 0 Å². The minimum Gasteiger partial charge on any atom is -0.0834 e. The summed E-state index contributed by atoms with van der Waals surface area (Å²) in [4.78, 5) is 0. The van der Waals surface area contributed by atoms with E-state index in [1.54, 1.807) is 0 Å². The molecule has 0 heterocycles. The third-order valence-corrected chi connectivity index (χ3v) is 4.39. The zero-order valence-electron chi connectivity index (χ0n) is 11.2. The maximum absolute atomic E-state index is 2.40. The predicted molar refractivity (Wildman–Crippen MR) is 79.7 cm³/mol. The Morgan fingerprint density at radius 1 is 1.11 bits per heavy atom. The van der Waals surface area contributed by atoms with E-state index >= 15 is 0 Å². The van der Waals surface area contributed by atoms with E-state index in [9.17, 15) is 0 Å². The van der Waals surface area contributed by atoms with Gasteiger partial charge in [0.05, 0.1) is 0 Å². The average Bonchev–Trinajstić information content (AvgIpc) is 2.54. The summed E-state index contributed by atoms with van der Waals surface area (Å²) in [6.45, 7) is 4.71. The van der Waals surface area contributed by atoms with Gasteiger partial charge in [-0.2, -0.15) is 0 Å². The van der Waals surface area contributed by atoms with Crippen molar-refractivity contribution >= 4 is 16.8 Å². The van der Waals surface area contributed by atoms with Gasteiger partial charge in [-0.15, -0.1) is 0 Å². The monoisotopic (exact) mass is 236 g/mol. The van der Waals surface area contributed by atoms with Crippen molar-refractivity contribution in [3.05, 3.63) is 53.6 Å². The Morgan fingerprint density at radius 3 is 2.56 bits per heavy atom. The Balaban J connectivity index is 2.16. The highest BCUT2D eigenvalue weighted by molar-refractivity contribution is 5.86.